The van der Waals surface area contributed by atoms with Crippen molar-refractivity contribution in [2.75, 3.05) is 18.8 Å². The molecular formula is C13H27NO3S. The summed E-state index contributed by atoms with van der Waals surface area (Å²) in [5.74, 6) is 0.398. The first kappa shape index (κ1) is 15.9. The number of hydrogen-bond acceptors (Lipinski definition) is 4. The molecule has 3 atom stereocenters. The minimum absolute atomic E-state index is 0.0961. The molecule has 1 aliphatic rings. The molecule has 1 fully saturated rings. The second-order valence-corrected chi connectivity index (χ2v) is 7.91. The summed E-state index contributed by atoms with van der Waals surface area (Å²) in [5, 5.41) is 12.6. The fraction of sp³-hybridized carbons (Fsp3) is 1.00. The van der Waals surface area contributed by atoms with E-state index in [2.05, 4.69) is 12.2 Å². The van der Waals surface area contributed by atoms with E-state index >= 15 is 0 Å². The molecule has 18 heavy (non-hydrogen) atoms. The summed E-state index contributed by atoms with van der Waals surface area (Å²) in [7, 11) is -3.14. The molecule has 3 unspecified atom stereocenters. The van der Waals surface area contributed by atoms with Crippen molar-refractivity contribution in [2.24, 2.45) is 5.92 Å². The smallest absolute Gasteiger partial charge is 0.155 e. The molecule has 0 saturated heterocycles. The number of sulfone groups is 1. The Hall–Kier alpha value is -0.130. The summed E-state index contributed by atoms with van der Waals surface area (Å²) in [5.41, 5.74) is 0. The molecule has 1 saturated carbocycles. The highest BCUT2D eigenvalue weighted by atomic mass is 32.2. The van der Waals surface area contributed by atoms with Crippen molar-refractivity contribution in [3.05, 3.63) is 0 Å². The Bertz CT molecular complexity index is 329. The van der Waals surface area contributed by atoms with E-state index in [0.29, 0.717) is 12.5 Å². The maximum Gasteiger partial charge on any atom is 0.155 e. The highest BCUT2D eigenvalue weighted by molar-refractivity contribution is 7.92. The monoisotopic (exact) mass is 277 g/mol. The number of rotatable bonds is 7. The highest BCUT2D eigenvalue weighted by Crippen LogP contribution is 2.28. The van der Waals surface area contributed by atoms with Gasteiger partial charge < -0.3 is 10.4 Å². The zero-order valence-electron chi connectivity index (χ0n) is 11.6. The Morgan fingerprint density at radius 1 is 1.39 bits per heavy atom. The molecule has 0 aromatic carbocycles. The summed E-state index contributed by atoms with van der Waals surface area (Å²) in [6.45, 7) is 5.34. The lowest BCUT2D eigenvalue weighted by Gasteiger charge is -2.27. The second kappa shape index (κ2) is 7.46. The number of nitrogens with one attached hydrogen (secondary N) is 1. The van der Waals surface area contributed by atoms with Crippen LogP contribution in [0, 0.1) is 5.92 Å². The van der Waals surface area contributed by atoms with Gasteiger partial charge in [0, 0.05) is 6.54 Å². The number of hydrogen-bond donors (Lipinski definition) is 2. The third kappa shape index (κ3) is 5.24. The van der Waals surface area contributed by atoms with Crippen LogP contribution in [0.5, 0.6) is 0 Å². The van der Waals surface area contributed by atoms with Crippen molar-refractivity contribution in [1.29, 1.82) is 0 Å². The Morgan fingerprint density at radius 2 is 2.11 bits per heavy atom. The van der Waals surface area contributed by atoms with Gasteiger partial charge in [0.2, 0.25) is 0 Å². The summed E-state index contributed by atoms with van der Waals surface area (Å²) >= 11 is 0. The van der Waals surface area contributed by atoms with Crippen LogP contribution in [0.15, 0.2) is 0 Å². The fourth-order valence-corrected chi connectivity index (χ4v) is 4.69. The quantitative estimate of drug-likeness (QED) is 0.689. The number of aliphatic hydroxyl groups is 1. The van der Waals surface area contributed by atoms with Crippen LogP contribution in [-0.4, -0.2) is 43.7 Å². The lowest BCUT2D eigenvalue weighted by Crippen LogP contribution is -2.38. The molecule has 1 rings (SSSR count). The molecule has 5 heteroatoms. The van der Waals surface area contributed by atoms with E-state index in [-0.39, 0.29) is 11.0 Å². The Kier molecular flexibility index (Phi) is 6.60. The van der Waals surface area contributed by atoms with Crippen LogP contribution in [0.1, 0.15) is 46.0 Å². The van der Waals surface area contributed by atoms with E-state index in [1.165, 1.54) is 0 Å². The van der Waals surface area contributed by atoms with Gasteiger partial charge in [0.05, 0.1) is 17.1 Å². The summed E-state index contributed by atoms with van der Waals surface area (Å²) in [6.07, 6.45) is 3.86. The highest BCUT2D eigenvalue weighted by Gasteiger charge is 2.31. The van der Waals surface area contributed by atoms with Crippen molar-refractivity contribution >= 4 is 9.84 Å². The molecule has 0 aromatic rings. The van der Waals surface area contributed by atoms with Gasteiger partial charge in [-0.25, -0.2) is 8.42 Å². The van der Waals surface area contributed by atoms with Crippen LogP contribution in [-0.2, 0) is 9.84 Å². The zero-order chi connectivity index (χ0) is 13.6. The maximum absolute atomic E-state index is 12.2. The van der Waals surface area contributed by atoms with Crippen LogP contribution >= 0.6 is 0 Å². The van der Waals surface area contributed by atoms with Crippen LogP contribution in [0.4, 0.5) is 0 Å². The lowest BCUT2D eigenvalue weighted by atomic mass is 9.91. The normalized spacial score (nSPS) is 27.1. The molecule has 1 aliphatic carbocycles. The topological polar surface area (TPSA) is 66.4 Å². The van der Waals surface area contributed by atoms with Crippen LogP contribution in [0.2, 0.25) is 0 Å². The van der Waals surface area contributed by atoms with Crippen LogP contribution < -0.4 is 5.32 Å². The largest absolute Gasteiger partial charge is 0.391 e. The molecule has 0 heterocycles. The molecule has 4 nitrogen and oxygen atoms in total. The molecule has 0 aliphatic heterocycles. The molecule has 2 N–H and O–H groups in total. The molecule has 0 amide bonds. The lowest BCUT2D eigenvalue weighted by molar-refractivity contribution is 0.193. The Labute approximate surface area is 111 Å². The summed E-state index contributed by atoms with van der Waals surface area (Å²) < 4.78 is 24.4. The van der Waals surface area contributed by atoms with Crippen molar-refractivity contribution in [3.8, 4) is 0 Å². The third-order valence-corrected chi connectivity index (χ3v) is 5.92. The first-order chi connectivity index (χ1) is 8.45. The predicted octanol–water partition coefficient (Wildman–Crippen LogP) is 1.34. The minimum Gasteiger partial charge on any atom is -0.391 e. The van der Waals surface area contributed by atoms with Gasteiger partial charge in [-0.2, -0.15) is 0 Å². The van der Waals surface area contributed by atoms with Gasteiger partial charge in [0.25, 0.3) is 0 Å². The van der Waals surface area contributed by atoms with Crippen LogP contribution in [0.3, 0.4) is 0 Å². The van der Waals surface area contributed by atoms with E-state index < -0.39 is 15.9 Å². The molecule has 0 radical (unpaired) electrons. The second-order valence-electron chi connectivity index (χ2n) is 5.58. The maximum atomic E-state index is 12.2. The van der Waals surface area contributed by atoms with Crippen LogP contribution in [0.25, 0.3) is 0 Å². The molecule has 0 aromatic heterocycles. The van der Waals surface area contributed by atoms with Gasteiger partial charge in [-0.15, -0.1) is 0 Å². The number of aliphatic hydroxyl groups excluding tert-OH is 1. The van der Waals surface area contributed by atoms with Crippen molar-refractivity contribution in [2.45, 2.75) is 57.3 Å². The molecule has 0 spiro atoms. The molecule has 108 valence electrons. The van der Waals surface area contributed by atoms with E-state index in [9.17, 15) is 13.5 Å². The van der Waals surface area contributed by atoms with Gasteiger partial charge in [0.1, 0.15) is 0 Å². The minimum atomic E-state index is -3.14. The van der Waals surface area contributed by atoms with E-state index in [1.54, 1.807) is 0 Å². The van der Waals surface area contributed by atoms with Crippen molar-refractivity contribution in [3.63, 3.8) is 0 Å². The fourth-order valence-electron chi connectivity index (χ4n) is 2.61. The SMILES string of the molecule is CCCNCC(O)CS(=O)(=O)C1CCCC(C)C1. The molecule has 0 bridgehead atoms. The first-order valence-electron chi connectivity index (χ1n) is 7.06. The molecular weight excluding hydrogens is 250 g/mol. The van der Waals surface area contributed by atoms with E-state index in [4.69, 9.17) is 0 Å². The van der Waals surface area contributed by atoms with Gasteiger partial charge in [-0.05, 0) is 31.7 Å². The van der Waals surface area contributed by atoms with Crippen molar-refractivity contribution in [1.82, 2.24) is 5.32 Å². The Balaban J connectivity index is 2.42. The van der Waals surface area contributed by atoms with E-state index in [0.717, 1.165) is 38.6 Å². The van der Waals surface area contributed by atoms with Crippen molar-refractivity contribution < 1.29 is 13.5 Å². The standard InChI is InChI=1S/C13H27NO3S/c1-3-7-14-9-12(15)10-18(16,17)13-6-4-5-11(2)8-13/h11-15H,3-10H2,1-2H3. The zero-order valence-corrected chi connectivity index (χ0v) is 12.4. The van der Waals surface area contributed by atoms with Gasteiger partial charge >= 0.3 is 0 Å². The van der Waals surface area contributed by atoms with E-state index in [1.807, 2.05) is 6.92 Å². The van der Waals surface area contributed by atoms with Gasteiger partial charge in [0.15, 0.2) is 9.84 Å². The Morgan fingerprint density at radius 3 is 2.72 bits per heavy atom. The average molecular weight is 277 g/mol. The average Bonchev–Trinajstić information content (AvgIpc) is 2.28. The van der Waals surface area contributed by atoms with Gasteiger partial charge in [-0.1, -0.05) is 26.7 Å². The van der Waals surface area contributed by atoms with Gasteiger partial charge in [-0.3, -0.25) is 0 Å². The predicted molar refractivity (Wildman–Crippen MR) is 74.4 cm³/mol. The summed E-state index contributed by atoms with van der Waals surface area (Å²) in [4.78, 5) is 0. The summed E-state index contributed by atoms with van der Waals surface area (Å²) in [6, 6.07) is 0. The first-order valence-corrected chi connectivity index (χ1v) is 8.77. The third-order valence-electron chi connectivity index (χ3n) is 3.63.